The van der Waals surface area contributed by atoms with Crippen molar-refractivity contribution in [1.82, 2.24) is 9.55 Å². The first-order valence-corrected chi connectivity index (χ1v) is 8.83. The van der Waals surface area contributed by atoms with Crippen LogP contribution < -0.4 is 14.8 Å². The standard InChI is InChI=1S/C20H18ClN3O3/c1-26-14-7-8-17(27-2)15(9-14)16-10-18(25)23-20-19(16)22-11-24(20)13-5-3-12(21)4-6-13/h3-9,11,16H,10H2,1-2H3,(H,23,25)/t16-/m0/s1. The number of halogens is 1. The molecule has 0 bridgehead atoms. The van der Waals surface area contributed by atoms with E-state index in [0.717, 1.165) is 16.9 Å². The number of ether oxygens (including phenoxy) is 2. The lowest BCUT2D eigenvalue weighted by Gasteiger charge is -2.25. The summed E-state index contributed by atoms with van der Waals surface area (Å²) in [6, 6.07) is 12.9. The van der Waals surface area contributed by atoms with E-state index in [1.54, 1.807) is 32.7 Å². The van der Waals surface area contributed by atoms with Crippen LogP contribution in [0.3, 0.4) is 0 Å². The first-order chi connectivity index (χ1) is 13.1. The molecule has 1 aliphatic heterocycles. The summed E-state index contributed by atoms with van der Waals surface area (Å²) in [5, 5.41) is 3.59. The van der Waals surface area contributed by atoms with Gasteiger partial charge in [-0.25, -0.2) is 4.98 Å². The van der Waals surface area contributed by atoms with Gasteiger partial charge in [0.25, 0.3) is 0 Å². The van der Waals surface area contributed by atoms with Crippen molar-refractivity contribution in [2.75, 3.05) is 19.5 Å². The Hall–Kier alpha value is -2.99. The minimum Gasteiger partial charge on any atom is -0.497 e. The Morgan fingerprint density at radius 2 is 1.93 bits per heavy atom. The highest BCUT2D eigenvalue weighted by Crippen LogP contribution is 2.42. The molecule has 2 aromatic carbocycles. The van der Waals surface area contributed by atoms with Gasteiger partial charge in [0.2, 0.25) is 5.91 Å². The predicted octanol–water partition coefficient (Wildman–Crippen LogP) is 4.02. The largest absolute Gasteiger partial charge is 0.497 e. The van der Waals surface area contributed by atoms with E-state index in [-0.39, 0.29) is 18.2 Å². The number of imidazole rings is 1. The highest BCUT2D eigenvalue weighted by Gasteiger charge is 2.33. The lowest BCUT2D eigenvalue weighted by Crippen LogP contribution is -2.25. The summed E-state index contributed by atoms with van der Waals surface area (Å²) in [6.45, 7) is 0. The van der Waals surface area contributed by atoms with Crippen LogP contribution in [0.1, 0.15) is 23.6 Å². The second-order valence-corrected chi connectivity index (χ2v) is 6.67. The van der Waals surface area contributed by atoms with Crippen LogP contribution in [-0.2, 0) is 4.79 Å². The van der Waals surface area contributed by atoms with E-state index in [0.29, 0.717) is 22.3 Å². The SMILES string of the molecule is COc1ccc(OC)c([C@@H]2CC(=O)Nc3c2ncn3-c2ccc(Cl)cc2)c1. The molecule has 2 heterocycles. The Kier molecular flexibility index (Phi) is 4.49. The summed E-state index contributed by atoms with van der Waals surface area (Å²) in [5.41, 5.74) is 2.53. The third kappa shape index (κ3) is 3.13. The molecule has 6 nitrogen and oxygen atoms in total. The maximum Gasteiger partial charge on any atom is 0.226 e. The van der Waals surface area contributed by atoms with Crippen LogP contribution in [0.4, 0.5) is 5.82 Å². The zero-order valence-electron chi connectivity index (χ0n) is 14.9. The van der Waals surface area contributed by atoms with Gasteiger partial charge in [0.1, 0.15) is 23.6 Å². The minimum absolute atomic E-state index is 0.0758. The second-order valence-electron chi connectivity index (χ2n) is 6.24. The van der Waals surface area contributed by atoms with Crippen molar-refractivity contribution < 1.29 is 14.3 Å². The number of methoxy groups -OCH3 is 2. The quantitative estimate of drug-likeness (QED) is 0.739. The van der Waals surface area contributed by atoms with Crippen LogP contribution in [0, 0.1) is 0 Å². The van der Waals surface area contributed by atoms with Gasteiger partial charge in [-0.15, -0.1) is 0 Å². The molecule has 0 saturated heterocycles. The van der Waals surface area contributed by atoms with E-state index in [4.69, 9.17) is 21.1 Å². The van der Waals surface area contributed by atoms with Crippen LogP contribution >= 0.6 is 11.6 Å². The van der Waals surface area contributed by atoms with Crippen LogP contribution in [-0.4, -0.2) is 29.7 Å². The van der Waals surface area contributed by atoms with Crippen molar-refractivity contribution in [2.45, 2.75) is 12.3 Å². The van der Waals surface area contributed by atoms with E-state index < -0.39 is 0 Å². The average molecular weight is 384 g/mol. The van der Waals surface area contributed by atoms with E-state index in [1.807, 2.05) is 34.9 Å². The molecule has 138 valence electrons. The van der Waals surface area contributed by atoms with E-state index in [1.165, 1.54) is 0 Å². The van der Waals surface area contributed by atoms with Gasteiger partial charge < -0.3 is 14.8 Å². The van der Waals surface area contributed by atoms with Gasteiger partial charge in [-0.3, -0.25) is 9.36 Å². The van der Waals surface area contributed by atoms with Gasteiger partial charge in [0.05, 0.1) is 19.9 Å². The monoisotopic (exact) mass is 383 g/mol. The fourth-order valence-corrected chi connectivity index (χ4v) is 3.50. The first kappa shape index (κ1) is 17.4. The molecule has 0 fully saturated rings. The molecule has 3 aromatic rings. The molecule has 0 saturated carbocycles. The number of aromatic nitrogens is 2. The highest BCUT2D eigenvalue weighted by atomic mass is 35.5. The number of hydrogen-bond donors (Lipinski definition) is 1. The van der Waals surface area contributed by atoms with Crippen LogP contribution in [0.5, 0.6) is 11.5 Å². The van der Waals surface area contributed by atoms with Crippen LogP contribution in [0.25, 0.3) is 5.69 Å². The van der Waals surface area contributed by atoms with Crippen LogP contribution in [0.15, 0.2) is 48.8 Å². The minimum atomic E-state index is -0.229. The summed E-state index contributed by atoms with van der Waals surface area (Å²) in [4.78, 5) is 17.1. The molecule has 0 aliphatic carbocycles. The second kappa shape index (κ2) is 6.96. The number of nitrogens with zero attached hydrogens (tertiary/aromatic N) is 2. The van der Waals surface area contributed by atoms with E-state index in [9.17, 15) is 4.79 Å². The first-order valence-electron chi connectivity index (χ1n) is 8.45. The topological polar surface area (TPSA) is 65.4 Å². The normalized spacial score (nSPS) is 15.8. The number of carbonyl (C=O) groups is 1. The molecule has 1 atom stereocenters. The molecule has 1 N–H and O–H groups in total. The van der Waals surface area contributed by atoms with Gasteiger partial charge in [0, 0.05) is 28.6 Å². The van der Waals surface area contributed by atoms with Gasteiger partial charge in [-0.1, -0.05) is 11.6 Å². The van der Waals surface area contributed by atoms with Crippen molar-refractivity contribution in [3.63, 3.8) is 0 Å². The Labute approximate surface area is 161 Å². The highest BCUT2D eigenvalue weighted by molar-refractivity contribution is 6.30. The van der Waals surface area contributed by atoms with Crippen molar-refractivity contribution in [2.24, 2.45) is 0 Å². The summed E-state index contributed by atoms with van der Waals surface area (Å²) in [7, 11) is 3.22. The molecule has 7 heteroatoms. The van der Waals surface area contributed by atoms with Crippen molar-refractivity contribution in [1.29, 1.82) is 0 Å². The molecule has 27 heavy (non-hydrogen) atoms. The molecule has 4 rings (SSSR count). The molecule has 1 amide bonds. The fourth-order valence-electron chi connectivity index (χ4n) is 3.37. The zero-order chi connectivity index (χ0) is 19.0. The summed E-state index contributed by atoms with van der Waals surface area (Å²) < 4.78 is 12.7. The number of nitrogens with one attached hydrogen (secondary N) is 1. The zero-order valence-corrected chi connectivity index (χ0v) is 15.7. The van der Waals surface area contributed by atoms with E-state index >= 15 is 0 Å². The molecule has 0 radical (unpaired) electrons. The average Bonchev–Trinajstić information content (AvgIpc) is 3.11. The van der Waals surface area contributed by atoms with Gasteiger partial charge in [-0.05, 0) is 42.5 Å². The number of anilines is 1. The molecular weight excluding hydrogens is 366 g/mol. The number of hydrogen-bond acceptors (Lipinski definition) is 4. The van der Waals surface area contributed by atoms with Gasteiger partial charge in [-0.2, -0.15) is 0 Å². The molecule has 0 spiro atoms. The number of rotatable bonds is 4. The van der Waals surface area contributed by atoms with Crippen molar-refractivity contribution >= 4 is 23.3 Å². The summed E-state index contributed by atoms with van der Waals surface area (Å²) in [6.07, 6.45) is 1.99. The molecule has 1 aliphatic rings. The van der Waals surface area contributed by atoms with Crippen molar-refractivity contribution in [3.8, 4) is 17.2 Å². The molecule has 0 unspecified atom stereocenters. The summed E-state index contributed by atoms with van der Waals surface area (Å²) >= 11 is 5.98. The van der Waals surface area contributed by atoms with Crippen molar-refractivity contribution in [3.05, 3.63) is 65.1 Å². The van der Waals surface area contributed by atoms with E-state index in [2.05, 4.69) is 10.3 Å². The summed E-state index contributed by atoms with van der Waals surface area (Å²) in [5.74, 6) is 1.75. The maximum absolute atomic E-state index is 12.5. The third-order valence-corrected chi connectivity index (χ3v) is 4.94. The maximum atomic E-state index is 12.5. The molecule has 1 aromatic heterocycles. The number of amides is 1. The Bertz CT molecular complexity index is 998. The van der Waals surface area contributed by atoms with Crippen LogP contribution in [0.2, 0.25) is 5.02 Å². The Morgan fingerprint density at radius 3 is 2.63 bits per heavy atom. The Balaban J connectivity index is 1.83. The number of fused-ring (bicyclic) bond motifs is 1. The smallest absolute Gasteiger partial charge is 0.226 e. The number of benzene rings is 2. The lowest BCUT2D eigenvalue weighted by molar-refractivity contribution is -0.116. The van der Waals surface area contributed by atoms with Gasteiger partial charge in [0.15, 0.2) is 0 Å². The lowest BCUT2D eigenvalue weighted by atomic mass is 9.89. The van der Waals surface area contributed by atoms with Gasteiger partial charge >= 0.3 is 0 Å². The predicted molar refractivity (Wildman–Crippen MR) is 103 cm³/mol. The fraction of sp³-hybridized carbons (Fsp3) is 0.200. The Morgan fingerprint density at radius 1 is 1.15 bits per heavy atom. The third-order valence-electron chi connectivity index (χ3n) is 4.69. The number of carbonyl (C=O) groups excluding carboxylic acids is 1. The molecular formula is C20H18ClN3O3.